The number of halogens is 1. The lowest BCUT2D eigenvalue weighted by atomic mass is 9.99. The molecular weight excluding hydrogens is 464 g/mol. The Hall–Kier alpha value is -1.54. The minimum atomic E-state index is -3.34. The quantitative estimate of drug-likeness (QED) is 0.471. The number of rotatable bonds is 11. The summed E-state index contributed by atoms with van der Waals surface area (Å²) in [6, 6.07) is 17.7. The van der Waals surface area contributed by atoms with E-state index in [0.717, 1.165) is 41.4 Å². The van der Waals surface area contributed by atoms with E-state index >= 15 is 0 Å². The first-order valence-electron chi connectivity index (χ1n) is 11.1. The lowest BCUT2D eigenvalue weighted by Gasteiger charge is -2.31. The van der Waals surface area contributed by atoms with E-state index in [2.05, 4.69) is 5.32 Å². The first kappa shape index (κ1) is 25.1. The molecule has 0 spiro atoms. The molecule has 1 fully saturated rings. The van der Waals surface area contributed by atoms with Crippen LogP contribution in [0.15, 0.2) is 54.6 Å². The molecule has 1 aliphatic heterocycles. The molecule has 2 aromatic rings. The fourth-order valence-corrected chi connectivity index (χ4v) is 6.33. The summed E-state index contributed by atoms with van der Waals surface area (Å²) in [7, 11) is -3.34. The third-order valence-corrected chi connectivity index (χ3v) is 8.79. The van der Waals surface area contributed by atoms with Crippen molar-refractivity contribution >= 4 is 39.3 Å². The van der Waals surface area contributed by atoms with Crippen molar-refractivity contribution in [2.45, 2.75) is 31.4 Å². The summed E-state index contributed by atoms with van der Waals surface area (Å²) in [6.07, 6.45) is 2.79. The summed E-state index contributed by atoms with van der Waals surface area (Å²) in [5.74, 6) is 1.49. The smallest absolute Gasteiger partial charge is 0.224 e. The lowest BCUT2D eigenvalue weighted by Crippen LogP contribution is -2.46. The third kappa shape index (κ3) is 8.10. The second kappa shape index (κ2) is 12.6. The molecule has 1 atom stereocenters. The van der Waals surface area contributed by atoms with E-state index in [9.17, 15) is 13.2 Å². The second-order valence-electron chi connectivity index (χ2n) is 8.07. The van der Waals surface area contributed by atoms with E-state index in [1.54, 1.807) is 11.8 Å². The Morgan fingerprint density at radius 1 is 1.09 bits per heavy atom. The van der Waals surface area contributed by atoms with Crippen molar-refractivity contribution in [2.75, 3.05) is 31.1 Å². The van der Waals surface area contributed by atoms with Gasteiger partial charge in [0.2, 0.25) is 15.9 Å². The number of thioether (sulfide) groups is 1. The van der Waals surface area contributed by atoms with Gasteiger partial charge in [0.15, 0.2) is 0 Å². The number of carbonyl (C=O) groups is 1. The molecule has 0 aromatic heterocycles. The van der Waals surface area contributed by atoms with Crippen LogP contribution in [0.25, 0.3) is 0 Å². The molecular formula is C24H31ClN2O3S2. The van der Waals surface area contributed by atoms with Gasteiger partial charge in [-0.2, -0.15) is 11.8 Å². The first-order valence-corrected chi connectivity index (χ1v) is 14.2. The Balaban J connectivity index is 1.37. The molecule has 0 radical (unpaired) electrons. The Bertz CT molecular complexity index is 953. The summed E-state index contributed by atoms with van der Waals surface area (Å²) < 4.78 is 27.1. The summed E-state index contributed by atoms with van der Waals surface area (Å²) in [5.41, 5.74) is 2.35. The molecule has 0 saturated carbocycles. The standard InChI is InChI=1S/C24H31ClN2O3S2/c25-23-12-10-21(11-13-23)19-31-16-14-26-24(28)22-9-4-15-27(18-22)32(29,30)17-5-8-20-6-2-1-3-7-20/h1-3,6-7,10-13,22H,4-5,8-9,14-19H2,(H,26,28)/t22-/m1/s1. The molecule has 8 heteroatoms. The fourth-order valence-electron chi connectivity index (χ4n) is 3.80. The van der Waals surface area contributed by atoms with Crippen LogP contribution in [0, 0.1) is 5.92 Å². The Kier molecular flexibility index (Phi) is 9.91. The monoisotopic (exact) mass is 494 g/mol. The van der Waals surface area contributed by atoms with Crippen LogP contribution in [0.1, 0.15) is 30.4 Å². The normalized spacial score (nSPS) is 17.2. The van der Waals surface area contributed by atoms with Crippen LogP contribution in [-0.2, 0) is 27.0 Å². The van der Waals surface area contributed by atoms with Crippen molar-refractivity contribution < 1.29 is 13.2 Å². The van der Waals surface area contributed by atoms with Gasteiger partial charge in [-0.1, -0.05) is 54.1 Å². The number of benzene rings is 2. The van der Waals surface area contributed by atoms with Crippen LogP contribution in [0.5, 0.6) is 0 Å². The van der Waals surface area contributed by atoms with Crippen molar-refractivity contribution in [3.05, 3.63) is 70.7 Å². The van der Waals surface area contributed by atoms with Crippen LogP contribution < -0.4 is 5.32 Å². The molecule has 3 rings (SSSR count). The van der Waals surface area contributed by atoms with E-state index in [4.69, 9.17) is 11.6 Å². The van der Waals surface area contributed by atoms with Crippen LogP contribution in [0.4, 0.5) is 0 Å². The predicted octanol–water partition coefficient (Wildman–Crippen LogP) is 4.36. The van der Waals surface area contributed by atoms with Gasteiger partial charge < -0.3 is 5.32 Å². The zero-order valence-electron chi connectivity index (χ0n) is 18.2. The van der Waals surface area contributed by atoms with Crippen LogP contribution >= 0.6 is 23.4 Å². The molecule has 0 unspecified atom stereocenters. The van der Waals surface area contributed by atoms with Crippen molar-refractivity contribution in [3.63, 3.8) is 0 Å². The molecule has 1 aliphatic rings. The van der Waals surface area contributed by atoms with Gasteiger partial charge in [-0.25, -0.2) is 12.7 Å². The van der Waals surface area contributed by atoms with Crippen molar-refractivity contribution in [1.29, 1.82) is 0 Å². The molecule has 0 bridgehead atoms. The average molecular weight is 495 g/mol. The van der Waals surface area contributed by atoms with Crippen LogP contribution in [-0.4, -0.2) is 49.8 Å². The molecule has 2 aromatic carbocycles. The van der Waals surface area contributed by atoms with Gasteiger partial charge in [-0.3, -0.25) is 4.79 Å². The summed E-state index contributed by atoms with van der Waals surface area (Å²) in [5, 5.41) is 3.71. The minimum Gasteiger partial charge on any atom is -0.355 e. The van der Waals surface area contributed by atoms with Crippen molar-refractivity contribution in [1.82, 2.24) is 9.62 Å². The number of hydrogen-bond donors (Lipinski definition) is 1. The highest BCUT2D eigenvalue weighted by Gasteiger charge is 2.31. The van der Waals surface area contributed by atoms with E-state index in [0.29, 0.717) is 19.5 Å². The number of aryl methyl sites for hydroxylation is 1. The van der Waals surface area contributed by atoms with E-state index in [1.165, 1.54) is 9.87 Å². The molecule has 1 saturated heterocycles. The summed E-state index contributed by atoms with van der Waals surface area (Å²) in [4.78, 5) is 12.6. The minimum absolute atomic E-state index is 0.0405. The van der Waals surface area contributed by atoms with Gasteiger partial charge in [0.1, 0.15) is 0 Å². The Morgan fingerprint density at radius 3 is 2.59 bits per heavy atom. The predicted molar refractivity (Wildman–Crippen MR) is 133 cm³/mol. The zero-order valence-corrected chi connectivity index (χ0v) is 20.6. The molecule has 0 aliphatic carbocycles. The molecule has 32 heavy (non-hydrogen) atoms. The highest BCUT2D eigenvalue weighted by Crippen LogP contribution is 2.21. The van der Waals surface area contributed by atoms with Crippen LogP contribution in [0.2, 0.25) is 5.02 Å². The van der Waals surface area contributed by atoms with Gasteiger partial charge in [0.25, 0.3) is 0 Å². The van der Waals surface area contributed by atoms with E-state index in [1.807, 2.05) is 54.6 Å². The molecule has 1 amide bonds. The van der Waals surface area contributed by atoms with Crippen LogP contribution in [0.3, 0.4) is 0 Å². The molecule has 174 valence electrons. The maximum absolute atomic E-state index is 12.8. The number of nitrogens with one attached hydrogen (secondary N) is 1. The van der Waals surface area contributed by atoms with Crippen molar-refractivity contribution in [3.8, 4) is 0 Å². The van der Waals surface area contributed by atoms with Gasteiger partial charge in [0.05, 0.1) is 11.7 Å². The number of sulfonamides is 1. The van der Waals surface area contributed by atoms with Gasteiger partial charge in [0, 0.05) is 36.2 Å². The highest BCUT2D eigenvalue weighted by molar-refractivity contribution is 7.98. The zero-order chi connectivity index (χ0) is 22.8. The second-order valence-corrected chi connectivity index (χ2v) is 11.7. The van der Waals surface area contributed by atoms with E-state index in [-0.39, 0.29) is 24.1 Å². The number of carbonyl (C=O) groups excluding carboxylic acids is 1. The van der Waals surface area contributed by atoms with Gasteiger partial charge >= 0.3 is 0 Å². The maximum atomic E-state index is 12.8. The first-order chi connectivity index (χ1) is 15.4. The Morgan fingerprint density at radius 2 is 1.84 bits per heavy atom. The largest absolute Gasteiger partial charge is 0.355 e. The van der Waals surface area contributed by atoms with Crippen molar-refractivity contribution in [2.24, 2.45) is 5.92 Å². The number of amides is 1. The summed E-state index contributed by atoms with van der Waals surface area (Å²) in [6.45, 7) is 1.38. The molecule has 1 N–H and O–H groups in total. The average Bonchev–Trinajstić information content (AvgIpc) is 2.80. The molecule has 5 nitrogen and oxygen atoms in total. The SMILES string of the molecule is O=C(NCCSCc1ccc(Cl)cc1)[C@@H]1CCCN(S(=O)(=O)CCCc2ccccc2)C1. The highest BCUT2D eigenvalue weighted by atomic mass is 35.5. The number of hydrogen-bond acceptors (Lipinski definition) is 4. The third-order valence-electron chi connectivity index (χ3n) is 5.59. The molecule has 1 heterocycles. The maximum Gasteiger partial charge on any atom is 0.224 e. The lowest BCUT2D eigenvalue weighted by molar-refractivity contribution is -0.125. The summed E-state index contributed by atoms with van der Waals surface area (Å²) >= 11 is 7.65. The fraction of sp³-hybridized carbons (Fsp3) is 0.458. The number of piperidine rings is 1. The topological polar surface area (TPSA) is 66.5 Å². The Labute approximate surface area is 201 Å². The van der Waals surface area contributed by atoms with Gasteiger partial charge in [-0.15, -0.1) is 0 Å². The van der Waals surface area contributed by atoms with Gasteiger partial charge in [-0.05, 0) is 48.9 Å². The number of nitrogens with zero attached hydrogens (tertiary/aromatic N) is 1. The van der Waals surface area contributed by atoms with E-state index < -0.39 is 10.0 Å².